The van der Waals surface area contributed by atoms with Crippen LogP contribution in [0.4, 0.5) is 13.2 Å². The predicted octanol–water partition coefficient (Wildman–Crippen LogP) is 4.51. The lowest BCUT2D eigenvalue weighted by molar-refractivity contribution is -0.140. The lowest BCUT2D eigenvalue weighted by atomic mass is 10.0. The van der Waals surface area contributed by atoms with Crippen LogP contribution in [0.15, 0.2) is 60.7 Å². The second-order valence-electron chi connectivity index (χ2n) is 4.97. The largest absolute Gasteiger partial charge is 0.390 e. The van der Waals surface area contributed by atoms with Crippen molar-refractivity contribution in [3.05, 3.63) is 71.8 Å². The Morgan fingerprint density at radius 1 is 0.857 bits per heavy atom. The standard InChI is InChI=1S/C17H18F3N/c18-17(19,20)13-16(15-9-5-2-6-10-15)21-12-11-14-7-3-1-4-8-14/h1-10,16,21H,11-13H2. The highest BCUT2D eigenvalue weighted by atomic mass is 19.4. The van der Waals surface area contributed by atoms with Gasteiger partial charge in [-0.3, -0.25) is 0 Å². The molecule has 1 N–H and O–H groups in total. The van der Waals surface area contributed by atoms with E-state index < -0.39 is 18.6 Å². The monoisotopic (exact) mass is 293 g/mol. The van der Waals surface area contributed by atoms with Crippen molar-refractivity contribution in [1.29, 1.82) is 0 Å². The molecule has 0 spiro atoms. The molecule has 2 rings (SSSR count). The first kappa shape index (κ1) is 15.6. The van der Waals surface area contributed by atoms with Gasteiger partial charge in [0, 0.05) is 6.04 Å². The number of rotatable bonds is 6. The van der Waals surface area contributed by atoms with Gasteiger partial charge in [0.1, 0.15) is 0 Å². The Labute approximate surface area is 122 Å². The summed E-state index contributed by atoms with van der Waals surface area (Å²) in [5.41, 5.74) is 1.78. The van der Waals surface area contributed by atoms with E-state index in [0.717, 1.165) is 5.56 Å². The van der Waals surface area contributed by atoms with Crippen molar-refractivity contribution in [3.63, 3.8) is 0 Å². The van der Waals surface area contributed by atoms with Crippen LogP contribution >= 0.6 is 0 Å². The number of halogens is 3. The maximum atomic E-state index is 12.7. The normalized spacial score (nSPS) is 13.1. The van der Waals surface area contributed by atoms with Gasteiger partial charge in [-0.15, -0.1) is 0 Å². The molecule has 21 heavy (non-hydrogen) atoms. The summed E-state index contributed by atoms with van der Waals surface area (Å²) in [6, 6.07) is 17.8. The van der Waals surface area contributed by atoms with Crippen molar-refractivity contribution in [1.82, 2.24) is 5.32 Å². The van der Waals surface area contributed by atoms with Gasteiger partial charge in [0.15, 0.2) is 0 Å². The van der Waals surface area contributed by atoms with Gasteiger partial charge < -0.3 is 5.32 Å². The van der Waals surface area contributed by atoms with Crippen LogP contribution in [0.5, 0.6) is 0 Å². The van der Waals surface area contributed by atoms with Crippen molar-refractivity contribution in [3.8, 4) is 0 Å². The SMILES string of the molecule is FC(F)(F)CC(NCCc1ccccc1)c1ccccc1. The smallest absolute Gasteiger partial charge is 0.309 e. The zero-order valence-corrected chi connectivity index (χ0v) is 11.6. The first-order chi connectivity index (χ1) is 10.0. The molecule has 0 radical (unpaired) electrons. The van der Waals surface area contributed by atoms with Crippen LogP contribution in [0, 0.1) is 0 Å². The number of nitrogens with one attached hydrogen (secondary N) is 1. The average molecular weight is 293 g/mol. The van der Waals surface area contributed by atoms with E-state index in [1.165, 1.54) is 0 Å². The lowest BCUT2D eigenvalue weighted by Crippen LogP contribution is -2.28. The van der Waals surface area contributed by atoms with Crippen LogP contribution in [0.1, 0.15) is 23.6 Å². The Balaban J connectivity index is 1.96. The van der Waals surface area contributed by atoms with Crippen molar-refractivity contribution < 1.29 is 13.2 Å². The molecule has 0 aromatic heterocycles. The quantitative estimate of drug-likeness (QED) is 0.826. The molecule has 0 aliphatic carbocycles. The van der Waals surface area contributed by atoms with Crippen LogP contribution in [0.2, 0.25) is 0 Å². The number of hydrogen-bond acceptors (Lipinski definition) is 1. The number of hydrogen-bond donors (Lipinski definition) is 1. The van der Waals surface area contributed by atoms with E-state index in [9.17, 15) is 13.2 Å². The second kappa shape index (κ2) is 7.27. The van der Waals surface area contributed by atoms with Crippen molar-refractivity contribution >= 4 is 0 Å². The van der Waals surface area contributed by atoms with E-state index in [1.54, 1.807) is 30.3 Å². The molecule has 0 aliphatic rings. The molecular formula is C17H18F3N. The second-order valence-corrected chi connectivity index (χ2v) is 4.97. The van der Waals surface area contributed by atoms with Crippen LogP contribution in [-0.2, 0) is 6.42 Å². The minimum Gasteiger partial charge on any atom is -0.309 e. The molecule has 0 amide bonds. The Morgan fingerprint density at radius 2 is 1.43 bits per heavy atom. The van der Waals surface area contributed by atoms with E-state index in [0.29, 0.717) is 18.5 Å². The highest BCUT2D eigenvalue weighted by Gasteiger charge is 2.32. The molecule has 4 heteroatoms. The minimum atomic E-state index is -4.18. The fourth-order valence-corrected chi connectivity index (χ4v) is 2.26. The Hall–Kier alpha value is -1.81. The first-order valence-corrected chi connectivity index (χ1v) is 6.93. The molecule has 1 unspecified atom stereocenters. The van der Waals surface area contributed by atoms with Crippen LogP contribution in [0.25, 0.3) is 0 Å². The molecule has 0 aliphatic heterocycles. The molecule has 0 saturated heterocycles. The van der Waals surface area contributed by atoms with Gasteiger partial charge in [-0.05, 0) is 24.1 Å². The van der Waals surface area contributed by atoms with E-state index in [1.807, 2.05) is 30.3 Å². The summed E-state index contributed by atoms with van der Waals surface area (Å²) in [5, 5.41) is 3.02. The minimum absolute atomic E-state index is 0.514. The summed E-state index contributed by atoms with van der Waals surface area (Å²) in [4.78, 5) is 0. The van der Waals surface area contributed by atoms with Gasteiger partial charge in [-0.25, -0.2) is 0 Å². The van der Waals surface area contributed by atoms with Gasteiger partial charge in [0.05, 0.1) is 6.42 Å². The molecule has 2 aromatic rings. The molecule has 2 aromatic carbocycles. The highest BCUT2D eigenvalue weighted by Crippen LogP contribution is 2.29. The number of benzene rings is 2. The zero-order valence-electron chi connectivity index (χ0n) is 11.6. The summed E-state index contributed by atoms with van der Waals surface area (Å²) in [7, 11) is 0. The Kier molecular flexibility index (Phi) is 5.39. The zero-order chi connectivity index (χ0) is 15.1. The topological polar surface area (TPSA) is 12.0 Å². The third-order valence-corrected chi connectivity index (χ3v) is 3.28. The average Bonchev–Trinajstić information content (AvgIpc) is 2.47. The van der Waals surface area contributed by atoms with Crippen molar-refractivity contribution in [2.24, 2.45) is 0 Å². The van der Waals surface area contributed by atoms with Crippen LogP contribution < -0.4 is 5.32 Å². The summed E-state index contributed by atoms with van der Waals surface area (Å²) in [6.07, 6.45) is -4.33. The Bertz CT molecular complexity index is 523. The fourth-order valence-electron chi connectivity index (χ4n) is 2.26. The highest BCUT2D eigenvalue weighted by molar-refractivity contribution is 5.19. The van der Waals surface area contributed by atoms with E-state index in [-0.39, 0.29) is 0 Å². The van der Waals surface area contributed by atoms with Crippen LogP contribution in [0.3, 0.4) is 0 Å². The molecule has 1 nitrogen and oxygen atoms in total. The van der Waals surface area contributed by atoms with Gasteiger partial charge in [-0.1, -0.05) is 60.7 Å². The Morgan fingerprint density at radius 3 is 2.00 bits per heavy atom. The maximum Gasteiger partial charge on any atom is 0.390 e. The molecule has 0 saturated carbocycles. The number of alkyl halides is 3. The van der Waals surface area contributed by atoms with Gasteiger partial charge in [0.25, 0.3) is 0 Å². The van der Waals surface area contributed by atoms with Gasteiger partial charge >= 0.3 is 6.18 Å². The maximum absolute atomic E-state index is 12.7. The van der Waals surface area contributed by atoms with Crippen molar-refractivity contribution in [2.45, 2.75) is 25.1 Å². The van der Waals surface area contributed by atoms with Crippen molar-refractivity contribution in [2.75, 3.05) is 6.54 Å². The van der Waals surface area contributed by atoms with E-state index in [2.05, 4.69) is 5.32 Å². The fraction of sp³-hybridized carbons (Fsp3) is 0.294. The summed E-state index contributed by atoms with van der Waals surface area (Å²) < 4.78 is 38.1. The van der Waals surface area contributed by atoms with E-state index >= 15 is 0 Å². The molecule has 1 atom stereocenters. The van der Waals surface area contributed by atoms with Gasteiger partial charge in [0.2, 0.25) is 0 Å². The summed E-state index contributed by atoms with van der Waals surface area (Å²) >= 11 is 0. The lowest BCUT2D eigenvalue weighted by Gasteiger charge is -2.21. The first-order valence-electron chi connectivity index (χ1n) is 6.93. The van der Waals surface area contributed by atoms with Crippen LogP contribution in [-0.4, -0.2) is 12.7 Å². The molecule has 0 heterocycles. The molecular weight excluding hydrogens is 275 g/mol. The van der Waals surface area contributed by atoms with Gasteiger partial charge in [-0.2, -0.15) is 13.2 Å². The molecule has 112 valence electrons. The summed E-state index contributed by atoms with van der Waals surface area (Å²) in [5.74, 6) is 0. The third-order valence-electron chi connectivity index (χ3n) is 3.28. The predicted molar refractivity (Wildman–Crippen MR) is 78.0 cm³/mol. The third kappa shape index (κ3) is 5.60. The van der Waals surface area contributed by atoms with E-state index in [4.69, 9.17) is 0 Å². The summed E-state index contributed by atoms with van der Waals surface area (Å²) in [6.45, 7) is 0.514. The molecule has 0 fully saturated rings. The molecule has 0 bridgehead atoms.